The fourth-order valence-corrected chi connectivity index (χ4v) is 3.52. The Morgan fingerprint density at radius 2 is 1.89 bits per heavy atom. The molecule has 0 heterocycles. The first-order valence-corrected chi connectivity index (χ1v) is 9.60. The summed E-state index contributed by atoms with van der Waals surface area (Å²) in [4.78, 5) is 11.2. The molecule has 8 nitrogen and oxygen atoms in total. The Bertz CT molecular complexity index is 982. The second-order valence-corrected chi connectivity index (χ2v) is 7.47. The van der Waals surface area contributed by atoms with E-state index in [2.05, 4.69) is 4.72 Å². The molecule has 0 aliphatic rings. The molecule has 0 radical (unpaired) electrons. The molecule has 2 rings (SSSR count). The van der Waals surface area contributed by atoms with Crippen LogP contribution >= 0.6 is 11.6 Å². The normalized spacial score (nSPS) is 11.1. The van der Waals surface area contributed by atoms with E-state index < -0.39 is 21.8 Å². The highest BCUT2D eigenvalue weighted by molar-refractivity contribution is 7.92. The topological polar surface area (TPSA) is 111 Å². The zero-order chi connectivity index (χ0) is 20.9. The van der Waals surface area contributed by atoms with Gasteiger partial charge in [-0.2, -0.15) is 0 Å². The number of anilines is 1. The molecule has 0 aliphatic carbocycles. The first kappa shape index (κ1) is 21.7. The van der Waals surface area contributed by atoms with E-state index >= 15 is 0 Å². The molecule has 28 heavy (non-hydrogen) atoms. The summed E-state index contributed by atoms with van der Waals surface area (Å²) in [6.45, 7) is 0.373. The molecule has 2 aromatic rings. The predicted molar refractivity (Wildman–Crippen MR) is 99.5 cm³/mol. The van der Waals surface area contributed by atoms with Crippen molar-refractivity contribution in [3.63, 3.8) is 0 Å². The van der Waals surface area contributed by atoms with Crippen LogP contribution in [0.1, 0.15) is 10.4 Å². The first-order chi connectivity index (χ1) is 13.2. The van der Waals surface area contributed by atoms with Crippen molar-refractivity contribution in [2.45, 2.75) is 4.90 Å². The van der Waals surface area contributed by atoms with Crippen LogP contribution in [0.25, 0.3) is 0 Å². The Kier molecular flexibility index (Phi) is 7.05. The number of hydrogen-bond donors (Lipinski definition) is 2. The maximum atomic E-state index is 13.3. The molecule has 0 amide bonds. The molecule has 0 aromatic heterocycles. The quantitative estimate of drug-likeness (QED) is 0.584. The maximum Gasteiger partial charge on any atom is 0.337 e. The highest BCUT2D eigenvalue weighted by Gasteiger charge is 2.22. The van der Waals surface area contributed by atoms with E-state index in [1.165, 1.54) is 20.3 Å². The van der Waals surface area contributed by atoms with Crippen LogP contribution in [0, 0.1) is 5.82 Å². The number of carboxylic acids is 1. The van der Waals surface area contributed by atoms with E-state index in [0.717, 1.165) is 24.3 Å². The van der Waals surface area contributed by atoms with Crippen LogP contribution in [0.2, 0.25) is 5.02 Å². The van der Waals surface area contributed by atoms with E-state index in [4.69, 9.17) is 25.8 Å². The van der Waals surface area contributed by atoms with Crippen LogP contribution in [-0.4, -0.2) is 46.9 Å². The summed E-state index contributed by atoms with van der Waals surface area (Å²) in [5.41, 5.74) is -0.631. The van der Waals surface area contributed by atoms with Crippen LogP contribution < -0.4 is 14.2 Å². The highest BCUT2D eigenvalue weighted by Crippen LogP contribution is 2.35. The second kappa shape index (κ2) is 9.09. The van der Waals surface area contributed by atoms with Crippen LogP contribution in [-0.2, 0) is 14.8 Å². The lowest BCUT2D eigenvalue weighted by Crippen LogP contribution is -2.16. The molecule has 0 atom stereocenters. The van der Waals surface area contributed by atoms with Gasteiger partial charge in [-0.1, -0.05) is 11.6 Å². The van der Waals surface area contributed by atoms with Crippen LogP contribution in [0.15, 0.2) is 35.2 Å². The van der Waals surface area contributed by atoms with Crippen LogP contribution in [0.4, 0.5) is 10.1 Å². The lowest BCUT2D eigenvalue weighted by atomic mass is 10.1. The van der Waals surface area contributed by atoms with Crippen LogP contribution in [0.5, 0.6) is 11.5 Å². The van der Waals surface area contributed by atoms with Gasteiger partial charge in [0.2, 0.25) is 0 Å². The molecule has 0 spiro atoms. The van der Waals surface area contributed by atoms with Gasteiger partial charge in [-0.15, -0.1) is 0 Å². The maximum absolute atomic E-state index is 13.3. The van der Waals surface area contributed by atoms with Gasteiger partial charge in [0.1, 0.15) is 12.4 Å². The van der Waals surface area contributed by atoms with Crippen molar-refractivity contribution in [2.75, 3.05) is 32.2 Å². The molecule has 2 N–H and O–H groups in total. The summed E-state index contributed by atoms with van der Waals surface area (Å²) in [6, 6.07) is 5.12. The summed E-state index contributed by atoms with van der Waals surface area (Å²) in [5.74, 6) is -1.97. The number of sulfonamides is 1. The van der Waals surface area contributed by atoms with E-state index in [0.29, 0.717) is 0 Å². The first-order valence-electron chi connectivity index (χ1n) is 7.74. The summed E-state index contributed by atoms with van der Waals surface area (Å²) in [5, 5.41) is 9.03. The minimum atomic E-state index is -4.26. The molecule has 11 heteroatoms. The van der Waals surface area contributed by atoms with Gasteiger partial charge in [-0.25, -0.2) is 17.6 Å². The number of hydrogen-bond acceptors (Lipinski definition) is 6. The predicted octanol–water partition coefficient (Wildman–Crippen LogP) is 3.01. The molecule has 0 unspecified atom stereocenters. The van der Waals surface area contributed by atoms with Gasteiger partial charge < -0.3 is 19.3 Å². The standard InChI is InChI=1S/C17H17ClFNO7S/c1-25-5-6-27-16-9-14(11(17(21)22)8-15(16)26-2)20-28(23,24)10-3-4-13(19)12(18)7-10/h3-4,7-9,20H,5-6H2,1-2H3,(H,21,22). The molecule has 0 saturated heterocycles. The van der Waals surface area contributed by atoms with Crippen molar-refractivity contribution in [1.29, 1.82) is 0 Å². The Labute approximate surface area is 165 Å². The zero-order valence-electron chi connectivity index (χ0n) is 14.9. The summed E-state index contributed by atoms with van der Waals surface area (Å²) < 4.78 is 56.1. The average Bonchev–Trinajstić information content (AvgIpc) is 2.63. The largest absolute Gasteiger partial charge is 0.493 e. The van der Waals surface area contributed by atoms with Gasteiger partial charge in [0.25, 0.3) is 10.0 Å². The van der Waals surface area contributed by atoms with Gasteiger partial charge in [0.05, 0.1) is 34.9 Å². The van der Waals surface area contributed by atoms with E-state index in [1.807, 2.05) is 0 Å². The minimum absolute atomic E-state index is 0.0984. The Balaban J connectivity index is 2.47. The van der Waals surface area contributed by atoms with Gasteiger partial charge in [0.15, 0.2) is 11.5 Å². The number of nitrogens with one attached hydrogen (secondary N) is 1. The van der Waals surface area contributed by atoms with E-state index in [1.54, 1.807) is 0 Å². The number of aromatic carboxylic acids is 1. The zero-order valence-corrected chi connectivity index (χ0v) is 16.4. The molecular weight excluding hydrogens is 417 g/mol. The Morgan fingerprint density at radius 3 is 2.46 bits per heavy atom. The molecule has 0 aliphatic heterocycles. The van der Waals surface area contributed by atoms with Crippen molar-refractivity contribution >= 4 is 33.3 Å². The third kappa shape index (κ3) is 5.03. The molecule has 0 bridgehead atoms. The van der Waals surface area contributed by atoms with Gasteiger partial charge >= 0.3 is 5.97 Å². The molecule has 152 valence electrons. The number of rotatable bonds is 9. The molecule has 0 saturated carbocycles. The van der Waals surface area contributed by atoms with E-state index in [-0.39, 0.29) is 45.9 Å². The average molecular weight is 434 g/mol. The monoisotopic (exact) mass is 433 g/mol. The van der Waals surface area contributed by atoms with Crippen molar-refractivity contribution in [3.8, 4) is 11.5 Å². The number of benzene rings is 2. The van der Waals surface area contributed by atoms with Crippen molar-refractivity contribution in [1.82, 2.24) is 0 Å². The van der Waals surface area contributed by atoms with Crippen molar-refractivity contribution in [3.05, 3.63) is 46.7 Å². The lowest BCUT2D eigenvalue weighted by Gasteiger charge is -2.16. The number of methoxy groups -OCH3 is 2. The number of carbonyl (C=O) groups is 1. The number of carboxylic acid groups (broad SMARTS) is 1. The summed E-state index contributed by atoms with van der Waals surface area (Å²) in [7, 11) is -1.47. The number of halogens is 2. The molecular formula is C17H17ClFNO7S. The minimum Gasteiger partial charge on any atom is -0.493 e. The molecule has 2 aromatic carbocycles. The highest BCUT2D eigenvalue weighted by atomic mass is 35.5. The van der Waals surface area contributed by atoms with Gasteiger partial charge in [0, 0.05) is 19.2 Å². The van der Waals surface area contributed by atoms with Crippen molar-refractivity contribution < 1.29 is 36.9 Å². The third-order valence-electron chi connectivity index (χ3n) is 3.52. The van der Waals surface area contributed by atoms with E-state index in [9.17, 15) is 22.7 Å². The lowest BCUT2D eigenvalue weighted by molar-refractivity contribution is 0.0697. The Morgan fingerprint density at radius 1 is 1.18 bits per heavy atom. The van der Waals surface area contributed by atoms with Crippen molar-refractivity contribution in [2.24, 2.45) is 0 Å². The van der Waals surface area contributed by atoms with Crippen LogP contribution in [0.3, 0.4) is 0 Å². The second-order valence-electron chi connectivity index (χ2n) is 5.38. The number of ether oxygens (including phenoxy) is 3. The van der Waals surface area contributed by atoms with Gasteiger partial charge in [-0.3, -0.25) is 4.72 Å². The fraction of sp³-hybridized carbons (Fsp3) is 0.235. The SMILES string of the molecule is COCCOc1cc(NS(=O)(=O)c2ccc(F)c(Cl)c2)c(C(=O)O)cc1OC. The summed E-state index contributed by atoms with van der Waals surface area (Å²) in [6.07, 6.45) is 0. The smallest absolute Gasteiger partial charge is 0.337 e. The third-order valence-corrected chi connectivity index (χ3v) is 5.18. The summed E-state index contributed by atoms with van der Waals surface area (Å²) >= 11 is 5.63. The van der Waals surface area contributed by atoms with Gasteiger partial charge in [-0.05, 0) is 18.2 Å². The molecule has 0 fully saturated rings. The fourth-order valence-electron chi connectivity index (χ4n) is 2.18. The Hall–Kier alpha value is -2.56.